The molecule has 1 aliphatic heterocycles. The van der Waals surface area contributed by atoms with Crippen LogP contribution in [0.5, 0.6) is 0 Å². The summed E-state index contributed by atoms with van der Waals surface area (Å²) in [7, 11) is 0. The van der Waals surface area contributed by atoms with Gasteiger partial charge in [-0.05, 0) is 16.9 Å². The smallest absolute Gasteiger partial charge is 0.157 e. The third-order valence-corrected chi connectivity index (χ3v) is 5.29. The van der Waals surface area contributed by atoms with Crippen LogP contribution in [0.15, 0.2) is 35.3 Å². The normalized spacial score (nSPS) is 19.6. The van der Waals surface area contributed by atoms with E-state index in [-0.39, 0.29) is 0 Å². The summed E-state index contributed by atoms with van der Waals surface area (Å²) in [5, 5.41) is 5.09. The molecule has 1 unspecified atom stereocenters. The van der Waals surface area contributed by atoms with Gasteiger partial charge in [0.25, 0.3) is 0 Å². The van der Waals surface area contributed by atoms with E-state index >= 15 is 0 Å². The second kappa shape index (κ2) is 6.00. The number of hydrogen-bond acceptors (Lipinski definition) is 3. The van der Waals surface area contributed by atoms with E-state index in [0.29, 0.717) is 16.6 Å². The van der Waals surface area contributed by atoms with Crippen molar-refractivity contribution >= 4 is 16.9 Å². The van der Waals surface area contributed by atoms with E-state index in [1.807, 2.05) is 11.8 Å². The van der Waals surface area contributed by atoms with Gasteiger partial charge in [-0.3, -0.25) is 4.99 Å². The molecular weight excluding hydrogens is 252 g/mol. The number of thioether (sulfide) groups is 1. The lowest BCUT2D eigenvalue weighted by Crippen LogP contribution is -2.35. The molecule has 0 fully saturated rings. The Morgan fingerprint density at radius 2 is 2.00 bits per heavy atom. The average molecular weight is 276 g/mol. The largest absolute Gasteiger partial charge is 0.364 e. The van der Waals surface area contributed by atoms with Gasteiger partial charge >= 0.3 is 0 Å². The summed E-state index contributed by atoms with van der Waals surface area (Å²) in [4.78, 5) is 4.62. The van der Waals surface area contributed by atoms with Crippen LogP contribution < -0.4 is 5.32 Å². The lowest BCUT2D eigenvalue weighted by atomic mass is 9.81. The van der Waals surface area contributed by atoms with Crippen molar-refractivity contribution in [1.82, 2.24) is 5.32 Å². The van der Waals surface area contributed by atoms with E-state index in [1.54, 1.807) is 0 Å². The number of benzene rings is 1. The average Bonchev–Trinajstić information content (AvgIpc) is 2.86. The van der Waals surface area contributed by atoms with Crippen molar-refractivity contribution in [2.24, 2.45) is 16.3 Å². The molecule has 1 aromatic rings. The highest BCUT2D eigenvalue weighted by molar-refractivity contribution is 8.14. The fourth-order valence-corrected chi connectivity index (χ4v) is 2.84. The summed E-state index contributed by atoms with van der Waals surface area (Å²) < 4.78 is 0. The molecule has 0 saturated carbocycles. The third-order valence-electron chi connectivity index (χ3n) is 4.08. The number of hydrogen-bond donors (Lipinski definition) is 1. The second-order valence-electron chi connectivity index (χ2n) is 6.16. The maximum absolute atomic E-state index is 4.62. The molecule has 1 aromatic carbocycles. The van der Waals surface area contributed by atoms with Crippen LogP contribution in [0.4, 0.5) is 0 Å². The zero-order valence-corrected chi connectivity index (χ0v) is 13.1. The third kappa shape index (κ3) is 3.75. The summed E-state index contributed by atoms with van der Waals surface area (Å²) in [6, 6.07) is 10.6. The lowest BCUT2D eigenvalue weighted by molar-refractivity contribution is 0.251. The van der Waals surface area contributed by atoms with Crippen molar-refractivity contribution in [3.63, 3.8) is 0 Å². The first-order valence-corrected chi connectivity index (χ1v) is 7.87. The van der Waals surface area contributed by atoms with Gasteiger partial charge in [0.15, 0.2) is 5.17 Å². The SMILES string of the molecule is CC(C)C(C)(C)CNC1=NCC(c2ccccc2)S1. The lowest BCUT2D eigenvalue weighted by Gasteiger charge is -2.29. The molecule has 3 heteroatoms. The Bertz CT molecular complexity index is 437. The standard InChI is InChI=1S/C16H24N2S/c1-12(2)16(3,4)11-18-15-17-10-14(19-15)13-8-6-5-7-9-13/h5-9,12,14H,10-11H2,1-4H3,(H,17,18). The van der Waals surface area contributed by atoms with Gasteiger partial charge in [-0.25, -0.2) is 0 Å². The Hall–Kier alpha value is -0.960. The van der Waals surface area contributed by atoms with Gasteiger partial charge in [0.05, 0.1) is 11.8 Å². The summed E-state index contributed by atoms with van der Waals surface area (Å²) in [6.07, 6.45) is 0. The first kappa shape index (κ1) is 14.4. The monoisotopic (exact) mass is 276 g/mol. The van der Waals surface area contributed by atoms with E-state index in [1.165, 1.54) is 5.56 Å². The quantitative estimate of drug-likeness (QED) is 0.895. The van der Waals surface area contributed by atoms with Crippen LogP contribution in [0.2, 0.25) is 0 Å². The first-order valence-electron chi connectivity index (χ1n) is 6.99. The molecule has 1 heterocycles. The van der Waals surface area contributed by atoms with E-state index < -0.39 is 0 Å². The molecule has 1 N–H and O–H groups in total. The molecule has 2 nitrogen and oxygen atoms in total. The Labute approximate surface area is 121 Å². The number of aliphatic imine (C=N–C) groups is 1. The first-order chi connectivity index (χ1) is 8.99. The number of amidine groups is 1. The van der Waals surface area contributed by atoms with Gasteiger partial charge in [-0.1, -0.05) is 69.8 Å². The molecule has 2 rings (SSSR count). The molecule has 104 valence electrons. The van der Waals surface area contributed by atoms with Crippen molar-refractivity contribution < 1.29 is 0 Å². The minimum Gasteiger partial charge on any atom is -0.364 e. The van der Waals surface area contributed by atoms with Crippen molar-refractivity contribution in [1.29, 1.82) is 0 Å². The molecule has 0 aliphatic carbocycles. The van der Waals surface area contributed by atoms with Crippen LogP contribution in [0.25, 0.3) is 0 Å². The maximum Gasteiger partial charge on any atom is 0.157 e. The predicted molar refractivity (Wildman–Crippen MR) is 85.7 cm³/mol. The van der Waals surface area contributed by atoms with Crippen molar-refractivity contribution in [2.45, 2.75) is 32.9 Å². The minimum atomic E-state index is 0.300. The predicted octanol–water partition coefficient (Wildman–Crippen LogP) is 4.10. The van der Waals surface area contributed by atoms with Crippen LogP contribution in [-0.2, 0) is 0 Å². The Morgan fingerprint density at radius 3 is 2.63 bits per heavy atom. The van der Waals surface area contributed by atoms with Crippen LogP contribution in [0.1, 0.15) is 38.5 Å². The summed E-state index contributed by atoms with van der Waals surface area (Å²) in [5.74, 6) is 0.664. The van der Waals surface area contributed by atoms with Crippen molar-refractivity contribution in [2.75, 3.05) is 13.1 Å². The molecule has 19 heavy (non-hydrogen) atoms. The van der Waals surface area contributed by atoms with Crippen LogP contribution >= 0.6 is 11.8 Å². The number of rotatable bonds is 4. The van der Waals surface area contributed by atoms with Crippen LogP contribution in [-0.4, -0.2) is 18.3 Å². The topological polar surface area (TPSA) is 24.4 Å². The van der Waals surface area contributed by atoms with E-state index in [9.17, 15) is 0 Å². The van der Waals surface area contributed by atoms with E-state index in [2.05, 4.69) is 68.3 Å². The maximum atomic E-state index is 4.62. The Balaban J connectivity index is 1.86. The van der Waals surface area contributed by atoms with Crippen LogP contribution in [0, 0.1) is 11.3 Å². The molecule has 0 radical (unpaired) electrons. The van der Waals surface area contributed by atoms with Crippen molar-refractivity contribution in [3.8, 4) is 0 Å². The summed E-state index contributed by atoms with van der Waals surface area (Å²) in [6.45, 7) is 11.0. The fraction of sp³-hybridized carbons (Fsp3) is 0.562. The number of nitrogens with one attached hydrogen (secondary N) is 1. The fourth-order valence-electron chi connectivity index (χ4n) is 1.82. The molecule has 0 spiro atoms. The molecule has 1 aliphatic rings. The van der Waals surface area contributed by atoms with Gasteiger partial charge in [0.1, 0.15) is 0 Å². The Kier molecular flexibility index (Phi) is 4.56. The van der Waals surface area contributed by atoms with E-state index in [4.69, 9.17) is 0 Å². The van der Waals surface area contributed by atoms with Gasteiger partial charge < -0.3 is 5.32 Å². The van der Waals surface area contributed by atoms with Gasteiger partial charge in [0.2, 0.25) is 0 Å². The molecule has 1 atom stereocenters. The van der Waals surface area contributed by atoms with Crippen LogP contribution in [0.3, 0.4) is 0 Å². The molecule has 0 amide bonds. The molecule has 0 saturated heterocycles. The van der Waals surface area contributed by atoms with Crippen molar-refractivity contribution in [3.05, 3.63) is 35.9 Å². The van der Waals surface area contributed by atoms with Gasteiger partial charge in [-0.15, -0.1) is 0 Å². The summed E-state index contributed by atoms with van der Waals surface area (Å²) >= 11 is 1.86. The highest BCUT2D eigenvalue weighted by Gasteiger charge is 2.25. The Morgan fingerprint density at radius 1 is 1.32 bits per heavy atom. The molecule has 0 aromatic heterocycles. The summed E-state index contributed by atoms with van der Waals surface area (Å²) in [5.41, 5.74) is 1.67. The van der Waals surface area contributed by atoms with E-state index in [0.717, 1.165) is 18.3 Å². The zero-order chi connectivity index (χ0) is 13.9. The van der Waals surface area contributed by atoms with Gasteiger partial charge in [0, 0.05) is 6.54 Å². The highest BCUT2D eigenvalue weighted by Crippen LogP contribution is 2.34. The number of nitrogens with zero attached hydrogens (tertiary/aromatic N) is 1. The van der Waals surface area contributed by atoms with Gasteiger partial charge in [-0.2, -0.15) is 0 Å². The second-order valence-corrected chi connectivity index (χ2v) is 7.35. The molecular formula is C16H24N2S. The highest BCUT2D eigenvalue weighted by atomic mass is 32.2. The molecule has 0 bridgehead atoms. The zero-order valence-electron chi connectivity index (χ0n) is 12.3. The minimum absolute atomic E-state index is 0.300.